The summed E-state index contributed by atoms with van der Waals surface area (Å²) in [5.74, 6) is -3.30. The number of carboxylic acids is 1. The van der Waals surface area contributed by atoms with Crippen molar-refractivity contribution in [2.75, 3.05) is 0 Å². The molecule has 0 aliphatic heterocycles. The van der Waals surface area contributed by atoms with Crippen molar-refractivity contribution in [2.45, 2.75) is 6.18 Å². The van der Waals surface area contributed by atoms with Gasteiger partial charge in [0, 0.05) is 23.5 Å². The molecule has 0 radical (unpaired) electrons. The van der Waals surface area contributed by atoms with Gasteiger partial charge in [0.2, 0.25) is 0 Å². The van der Waals surface area contributed by atoms with Gasteiger partial charge in [-0.3, -0.25) is 14.3 Å². The SMILES string of the molecule is O=C(O)c1ccc(-c2cn(C(=O)c3c(Cl)cccc3C(F)(F)F)c3cccnc23)c(F)c1. The molecule has 32 heavy (non-hydrogen) atoms. The summed E-state index contributed by atoms with van der Waals surface area (Å²) in [7, 11) is 0. The van der Waals surface area contributed by atoms with Crippen LogP contribution >= 0.6 is 11.6 Å². The number of fused-ring (bicyclic) bond motifs is 1. The predicted molar refractivity (Wildman–Crippen MR) is 108 cm³/mol. The molecule has 5 nitrogen and oxygen atoms in total. The Hall–Kier alpha value is -3.72. The van der Waals surface area contributed by atoms with Crippen LogP contribution in [0.4, 0.5) is 17.6 Å². The van der Waals surface area contributed by atoms with Gasteiger partial charge in [-0.2, -0.15) is 13.2 Å². The van der Waals surface area contributed by atoms with Crippen LogP contribution in [0.5, 0.6) is 0 Å². The first-order valence-electron chi connectivity index (χ1n) is 8.99. The molecule has 4 aromatic rings. The Bertz CT molecular complexity index is 1400. The third-order valence-corrected chi connectivity index (χ3v) is 5.13. The van der Waals surface area contributed by atoms with Gasteiger partial charge < -0.3 is 5.11 Å². The topological polar surface area (TPSA) is 72.2 Å². The van der Waals surface area contributed by atoms with E-state index in [0.717, 1.165) is 29.0 Å². The zero-order chi connectivity index (χ0) is 23.2. The van der Waals surface area contributed by atoms with Crippen molar-refractivity contribution in [3.63, 3.8) is 0 Å². The number of hydrogen-bond donors (Lipinski definition) is 1. The summed E-state index contributed by atoms with van der Waals surface area (Å²) in [5.41, 5.74) is -1.95. The quantitative estimate of drug-likeness (QED) is 0.385. The summed E-state index contributed by atoms with van der Waals surface area (Å²) in [6.07, 6.45) is -2.30. The zero-order valence-electron chi connectivity index (χ0n) is 15.8. The molecular weight excluding hydrogens is 452 g/mol. The van der Waals surface area contributed by atoms with Gasteiger partial charge in [-0.25, -0.2) is 9.18 Å². The lowest BCUT2D eigenvalue weighted by molar-refractivity contribution is -0.137. The highest BCUT2D eigenvalue weighted by atomic mass is 35.5. The van der Waals surface area contributed by atoms with Crippen LogP contribution < -0.4 is 0 Å². The number of rotatable bonds is 3. The number of benzene rings is 2. The monoisotopic (exact) mass is 462 g/mol. The fourth-order valence-corrected chi connectivity index (χ4v) is 3.64. The standard InChI is InChI=1S/C22H11ClF4N2O3/c23-15-4-1-3-14(22(25,26)27)18(15)20(30)29-10-13(19-17(29)5-2-8-28-19)12-7-6-11(21(31)32)9-16(12)24/h1-10H,(H,31,32). The first-order valence-corrected chi connectivity index (χ1v) is 9.37. The normalized spacial score (nSPS) is 11.7. The molecule has 10 heteroatoms. The molecule has 0 aliphatic rings. The molecule has 0 saturated heterocycles. The number of carbonyl (C=O) groups is 2. The summed E-state index contributed by atoms with van der Waals surface area (Å²) >= 11 is 5.96. The molecule has 0 amide bonds. The summed E-state index contributed by atoms with van der Waals surface area (Å²) < 4.78 is 56.1. The average molecular weight is 463 g/mol. The molecule has 4 rings (SSSR count). The van der Waals surface area contributed by atoms with E-state index in [1.165, 1.54) is 36.5 Å². The lowest BCUT2D eigenvalue weighted by Gasteiger charge is -2.14. The predicted octanol–water partition coefficient (Wildman–Crippen LogP) is 5.90. The molecule has 1 N–H and O–H groups in total. The Morgan fingerprint density at radius 1 is 1.03 bits per heavy atom. The summed E-state index contributed by atoms with van der Waals surface area (Å²) in [6.45, 7) is 0. The second-order valence-corrected chi connectivity index (χ2v) is 7.16. The van der Waals surface area contributed by atoms with E-state index in [4.69, 9.17) is 16.7 Å². The van der Waals surface area contributed by atoms with E-state index in [-0.39, 0.29) is 27.7 Å². The number of hydrogen-bond acceptors (Lipinski definition) is 3. The number of aromatic carboxylic acids is 1. The van der Waals surface area contributed by atoms with Gasteiger partial charge in [0.05, 0.1) is 32.7 Å². The van der Waals surface area contributed by atoms with Crippen LogP contribution in [0.25, 0.3) is 22.2 Å². The van der Waals surface area contributed by atoms with Gasteiger partial charge in [-0.1, -0.05) is 23.7 Å². The molecule has 0 aliphatic carbocycles. The van der Waals surface area contributed by atoms with Gasteiger partial charge >= 0.3 is 12.1 Å². The van der Waals surface area contributed by atoms with E-state index < -0.39 is 40.0 Å². The minimum Gasteiger partial charge on any atom is -0.478 e. The second kappa shape index (κ2) is 7.76. The Morgan fingerprint density at radius 3 is 2.44 bits per heavy atom. The van der Waals surface area contributed by atoms with E-state index in [2.05, 4.69) is 4.98 Å². The number of pyridine rings is 1. The van der Waals surface area contributed by atoms with Crippen molar-refractivity contribution in [1.82, 2.24) is 9.55 Å². The molecule has 0 spiro atoms. The van der Waals surface area contributed by atoms with Crippen molar-refractivity contribution >= 4 is 34.5 Å². The van der Waals surface area contributed by atoms with Crippen LogP contribution in [-0.2, 0) is 6.18 Å². The number of carbonyl (C=O) groups excluding carboxylic acids is 1. The first kappa shape index (κ1) is 21.5. The minimum atomic E-state index is -4.83. The molecule has 0 bridgehead atoms. The number of aromatic nitrogens is 2. The van der Waals surface area contributed by atoms with Crippen LogP contribution in [0, 0.1) is 5.82 Å². The maximum absolute atomic E-state index is 14.7. The maximum Gasteiger partial charge on any atom is 0.417 e. The van der Waals surface area contributed by atoms with Crippen LogP contribution in [0.1, 0.15) is 26.3 Å². The maximum atomic E-state index is 14.7. The fourth-order valence-electron chi connectivity index (χ4n) is 3.39. The molecular formula is C22H11ClF4N2O3. The third-order valence-electron chi connectivity index (χ3n) is 4.82. The highest BCUT2D eigenvalue weighted by Gasteiger charge is 2.37. The van der Waals surface area contributed by atoms with Crippen molar-refractivity contribution < 1.29 is 32.3 Å². The molecule has 0 saturated carbocycles. The van der Waals surface area contributed by atoms with Crippen molar-refractivity contribution in [3.8, 4) is 11.1 Å². The molecule has 0 fully saturated rings. The minimum absolute atomic E-state index is 0.0690. The van der Waals surface area contributed by atoms with Crippen molar-refractivity contribution in [3.05, 3.63) is 88.5 Å². The van der Waals surface area contributed by atoms with Crippen LogP contribution in [0.3, 0.4) is 0 Å². The van der Waals surface area contributed by atoms with Crippen molar-refractivity contribution in [1.29, 1.82) is 0 Å². The summed E-state index contributed by atoms with van der Waals surface area (Å²) in [6, 6.07) is 9.09. The largest absolute Gasteiger partial charge is 0.478 e. The highest BCUT2D eigenvalue weighted by Crippen LogP contribution is 2.37. The third kappa shape index (κ3) is 3.60. The lowest BCUT2D eigenvalue weighted by Crippen LogP contribution is -2.18. The number of alkyl halides is 3. The van der Waals surface area contributed by atoms with E-state index in [0.29, 0.717) is 0 Å². The number of halogens is 5. The molecule has 2 aromatic carbocycles. The van der Waals surface area contributed by atoms with Gasteiger partial charge in [-0.15, -0.1) is 0 Å². The van der Waals surface area contributed by atoms with E-state index in [1.54, 1.807) is 0 Å². The Labute approximate surface area is 182 Å². The van der Waals surface area contributed by atoms with Gasteiger partial charge in [0.15, 0.2) is 0 Å². The van der Waals surface area contributed by atoms with E-state index >= 15 is 0 Å². The smallest absolute Gasteiger partial charge is 0.417 e. The Balaban J connectivity index is 1.95. The molecule has 0 unspecified atom stereocenters. The van der Waals surface area contributed by atoms with E-state index in [1.807, 2.05) is 0 Å². The summed E-state index contributed by atoms with van der Waals surface area (Å²) in [4.78, 5) is 28.4. The number of nitrogens with zero attached hydrogens (tertiary/aromatic N) is 2. The van der Waals surface area contributed by atoms with Crippen LogP contribution in [-0.4, -0.2) is 26.5 Å². The molecule has 162 valence electrons. The highest BCUT2D eigenvalue weighted by molar-refractivity contribution is 6.34. The number of carboxylic acid groups (broad SMARTS) is 1. The summed E-state index contributed by atoms with van der Waals surface area (Å²) in [5, 5.41) is 8.64. The average Bonchev–Trinajstić information content (AvgIpc) is 3.12. The van der Waals surface area contributed by atoms with Gasteiger partial charge in [0.1, 0.15) is 5.82 Å². The lowest BCUT2D eigenvalue weighted by atomic mass is 10.0. The van der Waals surface area contributed by atoms with E-state index in [9.17, 15) is 27.2 Å². The van der Waals surface area contributed by atoms with Crippen LogP contribution in [0.15, 0.2) is 60.9 Å². The fraction of sp³-hybridized carbons (Fsp3) is 0.0455. The Kier molecular flexibility index (Phi) is 5.21. The van der Waals surface area contributed by atoms with Gasteiger partial charge in [-0.05, 0) is 36.4 Å². The molecule has 0 atom stereocenters. The Morgan fingerprint density at radius 2 is 1.78 bits per heavy atom. The zero-order valence-corrected chi connectivity index (χ0v) is 16.6. The van der Waals surface area contributed by atoms with Gasteiger partial charge in [0.25, 0.3) is 5.91 Å². The molecule has 2 aromatic heterocycles. The molecule has 2 heterocycles. The first-order chi connectivity index (χ1) is 15.1. The second-order valence-electron chi connectivity index (χ2n) is 6.75. The van der Waals surface area contributed by atoms with Crippen LogP contribution in [0.2, 0.25) is 5.02 Å². The van der Waals surface area contributed by atoms with Crippen molar-refractivity contribution in [2.24, 2.45) is 0 Å².